The van der Waals surface area contributed by atoms with Crippen LogP contribution in [0, 0.1) is 0 Å². The molecule has 1 aromatic rings. The molecule has 1 fully saturated rings. The third kappa shape index (κ3) is 1.64. The SMILES string of the molecule is COc1ccc2c(c1O)[C@]13CCN(C)[C@H](C2)C1=CCC(=O)C3. The predicted molar refractivity (Wildman–Crippen MR) is 83.4 cm³/mol. The predicted octanol–water partition coefficient (Wildman–Crippen LogP) is 2.19. The molecule has 1 N–H and O–H groups in total. The summed E-state index contributed by atoms with van der Waals surface area (Å²) in [5, 5.41) is 10.8. The summed E-state index contributed by atoms with van der Waals surface area (Å²) in [5.41, 5.74) is 3.10. The summed E-state index contributed by atoms with van der Waals surface area (Å²) in [7, 11) is 3.72. The molecule has 2 atom stereocenters. The number of Topliss-reactive ketones (excluding diaryl/α,β-unsaturated/α-hetero) is 1. The van der Waals surface area contributed by atoms with Crippen molar-refractivity contribution in [2.75, 3.05) is 20.7 Å². The Morgan fingerprint density at radius 1 is 1.41 bits per heavy atom. The van der Waals surface area contributed by atoms with Crippen molar-refractivity contribution in [3.63, 3.8) is 0 Å². The minimum absolute atomic E-state index is 0.226. The number of carbonyl (C=O) groups is 1. The van der Waals surface area contributed by atoms with Crippen LogP contribution in [0.25, 0.3) is 0 Å². The first kappa shape index (κ1) is 13.8. The maximum atomic E-state index is 12.2. The zero-order chi connectivity index (χ0) is 15.5. The number of ketones is 1. The number of piperidine rings is 1. The number of phenols is 1. The highest BCUT2D eigenvalue weighted by Gasteiger charge is 2.52. The molecule has 4 heteroatoms. The second-order valence-electron chi connectivity index (χ2n) is 6.76. The van der Waals surface area contributed by atoms with E-state index in [0.717, 1.165) is 30.5 Å². The minimum Gasteiger partial charge on any atom is -0.504 e. The fourth-order valence-corrected chi connectivity index (χ4v) is 4.69. The molecule has 2 aliphatic carbocycles. The van der Waals surface area contributed by atoms with Crippen molar-refractivity contribution in [1.29, 1.82) is 0 Å². The van der Waals surface area contributed by atoms with Crippen LogP contribution in [0.4, 0.5) is 0 Å². The highest BCUT2D eigenvalue weighted by molar-refractivity contribution is 5.85. The van der Waals surface area contributed by atoms with Crippen molar-refractivity contribution in [2.45, 2.75) is 37.1 Å². The van der Waals surface area contributed by atoms with Gasteiger partial charge in [-0.05, 0) is 43.6 Å². The summed E-state index contributed by atoms with van der Waals surface area (Å²) in [6.07, 6.45) is 4.93. The first-order valence-corrected chi connectivity index (χ1v) is 7.88. The highest BCUT2D eigenvalue weighted by atomic mass is 16.5. The van der Waals surface area contributed by atoms with Gasteiger partial charge < -0.3 is 9.84 Å². The average Bonchev–Trinajstić information content (AvgIpc) is 2.50. The van der Waals surface area contributed by atoms with Crippen LogP contribution in [0.3, 0.4) is 0 Å². The number of carbonyl (C=O) groups excluding carboxylic acids is 1. The van der Waals surface area contributed by atoms with Crippen LogP contribution in [0.2, 0.25) is 0 Å². The Morgan fingerprint density at radius 2 is 2.23 bits per heavy atom. The van der Waals surface area contributed by atoms with Crippen LogP contribution in [0.15, 0.2) is 23.8 Å². The lowest BCUT2D eigenvalue weighted by atomic mass is 9.56. The summed E-state index contributed by atoms with van der Waals surface area (Å²) >= 11 is 0. The lowest BCUT2D eigenvalue weighted by Crippen LogP contribution is -2.55. The summed E-state index contributed by atoms with van der Waals surface area (Å²) in [4.78, 5) is 14.6. The fraction of sp³-hybridized carbons (Fsp3) is 0.500. The van der Waals surface area contributed by atoms with E-state index in [9.17, 15) is 9.90 Å². The third-order valence-electron chi connectivity index (χ3n) is 5.72. The van der Waals surface area contributed by atoms with Gasteiger partial charge in [0, 0.05) is 29.9 Å². The van der Waals surface area contributed by atoms with Gasteiger partial charge in [-0.1, -0.05) is 12.1 Å². The fourth-order valence-electron chi connectivity index (χ4n) is 4.69. The van der Waals surface area contributed by atoms with Crippen molar-refractivity contribution in [3.8, 4) is 11.5 Å². The molecular formula is C18H21NO3. The lowest BCUT2D eigenvalue weighted by Gasteiger charge is -2.53. The van der Waals surface area contributed by atoms with Crippen molar-refractivity contribution in [1.82, 2.24) is 4.90 Å². The minimum atomic E-state index is -0.321. The maximum Gasteiger partial charge on any atom is 0.162 e. The zero-order valence-electron chi connectivity index (χ0n) is 13.1. The molecule has 1 heterocycles. The van der Waals surface area contributed by atoms with Gasteiger partial charge in [0.15, 0.2) is 11.5 Å². The molecule has 4 nitrogen and oxygen atoms in total. The van der Waals surface area contributed by atoms with Crippen molar-refractivity contribution < 1.29 is 14.6 Å². The monoisotopic (exact) mass is 299 g/mol. The van der Waals surface area contributed by atoms with Gasteiger partial charge in [0.2, 0.25) is 0 Å². The van der Waals surface area contributed by atoms with Gasteiger partial charge in [0.25, 0.3) is 0 Å². The number of nitrogens with zero attached hydrogens (tertiary/aromatic N) is 1. The number of hydrogen-bond donors (Lipinski definition) is 1. The Hall–Kier alpha value is -1.81. The van der Waals surface area contributed by atoms with Crippen LogP contribution in [0.5, 0.6) is 11.5 Å². The highest BCUT2D eigenvalue weighted by Crippen LogP contribution is 2.56. The second-order valence-corrected chi connectivity index (χ2v) is 6.76. The van der Waals surface area contributed by atoms with E-state index >= 15 is 0 Å². The van der Waals surface area contributed by atoms with E-state index in [-0.39, 0.29) is 16.9 Å². The summed E-state index contributed by atoms with van der Waals surface area (Å²) in [6, 6.07) is 4.24. The number of fused-ring (bicyclic) bond motifs is 1. The maximum absolute atomic E-state index is 12.2. The first-order valence-electron chi connectivity index (χ1n) is 7.88. The number of methoxy groups -OCH3 is 1. The van der Waals surface area contributed by atoms with E-state index in [1.165, 1.54) is 5.57 Å². The van der Waals surface area contributed by atoms with Gasteiger partial charge >= 0.3 is 0 Å². The molecule has 2 bridgehead atoms. The van der Waals surface area contributed by atoms with Crippen LogP contribution < -0.4 is 4.74 Å². The summed E-state index contributed by atoms with van der Waals surface area (Å²) in [6.45, 7) is 0.950. The van der Waals surface area contributed by atoms with Gasteiger partial charge in [-0.25, -0.2) is 0 Å². The molecule has 116 valence electrons. The molecule has 0 spiro atoms. The number of likely N-dealkylation sites (N-methyl/N-ethyl adjacent to an activating group) is 1. The van der Waals surface area contributed by atoms with Gasteiger partial charge in [0.05, 0.1) is 7.11 Å². The number of aromatic hydroxyl groups is 1. The lowest BCUT2D eigenvalue weighted by molar-refractivity contribution is -0.120. The van der Waals surface area contributed by atoms with E-state index < -0.39 is 0 Å². The molecule has 4 rings (SSSR count). The van der Waals surface area contributed by atoms with Crippen LogP contribution in [-0.2, 0) is 16.6 Å². The van der Waals surface area contributed by atoms with Crippen LogP contribution in [0.1, 0.15) is 30.4 Å². The Kier molecular flexibility index (Phi) is 2.89. The van der Waals surface area contributed by atoms with Gasteiger partial charge in [0.1, 0.15) is 5.78 Å². The van der Waals surface area contributed by atoms with Crippen molar-refractivity contribution in [2.24, 2.45) is 0 Å². The topological polar surface area (TPSA) is 49.8 Å². The molecule has 22 heavy (non-hydrogen) atoms. The van der Waals surface area contributed by atoms with Gasteiger partial charge in [-0.3, -0.25) is 9.69 Å². The van der Waals surface area contributed by atoms with E-state index in [4.69, 9.17) is 4.74 Å². The molecular weight excluding hydrogens is 278 g/mol. The van der Waals surface area contributed by atoms with E-state index in [1.54, 1.807) is 7.11 Å². The zero-order valence-corrected chi connectivity index (χ0v) is 13.1. The number of ether oxygens (including phenoxy) is 1. The molecule has 0 radical (unpaired) electrons. The Bertz CT molecular complexity index is 694. The molecule has 1 saturated heterocycles. The number of likely N-dealkylation sites (tertiary alicyclic amines) is 1. The van der Waals surface area contributed by atoms with Gasteiger partial charge in [-0.2, -0.15) is 0 Å². The largest absolute Gasteiger partial charge is 0.504 e. The number of benzene rings is 1. The number of phenolic OH excluding ortho intramolecular Hbond substituents is 1. The van der Waals surface area contributed by atoms with E-state index in [2.05, 4.69) is 24.1 Å². The quantitative estimate of drug-likeness (QED) is 0.808. The molecule has 3 aliphatic rings. The standard InChI is InChI=1S/C18H21NO3/c1-19-8-7-18-10-12(20)4-5-13(18)14(19)9-11-3-6-15(22-2)17(21)16(11)18/h3,5-6,14,21H,4,7-10H2,1-2H3/t14-,18+/m1/s1. The third-order valence-corrected chi connectivity index (χ3v) is 5.72. The molecule has 0 amide bonds. The molecule has 0 aromatic heterocycles. The Balaban J connectivity index is 2.00. The molecule has 0 unspecified atom stereocenters. The number of rotatable bonds is 1. The smallest absolute Gasteiger partial charge is 0.162 e. The number of allylic oxidation sites excluding steroid dienone is 1. The van der Waals surface area contributed by atoms with E-state index in [0.29, 0.717) is 24.6 Å². The van der Waals surface area contributed by atoms with Crippen LogP contribution >= 0.6 is 0 Å². The Morgan fingerprint density at radius 3 is 3.00 bits per heavy atom. The summed E-state index contributed by atoms with van der Waals surface area (Å²) < 4.78 is 5.31. The molecule has 0 saturated carbocycles. The van der Waals surface area contributed by atoms with Crippen molar-refractivity contribution >= 4 is 5.78 Å². The van der Waals surface area contributed by atoms with Gasteiger partial charge in [-0.15, -0.1) is 0 Å². The molecule has 1 aliphatic heterocycles. The Labute approximate surface area is 130 Å². The van der Waals surface area contributed by atoms with Crippen molar-refractivity contribution in [3.05, 3.63) is 34.9 Å². The van der Waals surface area contributed by atoms with E-state index in [1.807, 2.05) is 6.07 Å². The molecule has 1 aromatic carbocycles. The van der Waals surface area contributed by atoms with Crippen LogP contribution in [-0.4, -0.2) is 42.5 Å². The normalized spacial score (nSPS) is 30.4. The second kappa shape index (κ2) is 4.59. The average molecular weight is 299 g/mol. The first-order chi connectivity index (χ1) is 10.6. The number of hydrogen-bond acceptors (Lipinski definition) is 4. The summed E-state index contributed by atoms with van der Waals surface area (Å²) in [5.74, 6) is 0.994.